The average Bonchev–Trinajstić information content (AvgIpc) is 2.78. The van der Waals surface area contributed by atoms with Gasteiger partial charge in [0.2, 0.25) is 5.91 Å². The number of nitrogens with zero attached hydrogens (tertiary/aromatic N) is 2. The van der Waals surface area contributed by atoms with Crippen LogP contribution in [0.1, 0.15) is 10.4 Å². The molecule has 6 nitrogen and oxygen atoms in total. The predicted octanol–water partition coefficient (Wildman–Crippen LogP) is 2.41. The Morgan fingerprint density at radius 2 is 2.18 bits per heavy atom. The van der Waals surface area contributed by atoms with Gasteiger partial charge in [-0.3, -0.25) is 10.1 Å². The topological polar surface area (TPSA) is 84.0 Å². The number of hydrogen-bond donors (Lipinski definition) is 2. The van der Waals surface area contributed by atoms with Gasteiger partial charge in [-0.25, -0.2) is 14.8 Å². The minimum Gasteiger partial charge on any atom is -0.334 e. The second-order valence-corrected chi connectivity index (χ2v) is 6.65. The van der Waals surface area contributed by atoms with Crippen LogP contribution in [-0.2, 0) is 4.79 Å². The molecule has 0 unspecified atom stereocenters. The first-order valence-corrected chi connectivity index (χ1v) is 8.35. The lowest BCUT2D eigenvalue weighted by atomic mass is 10.2. The summed E-state index contributed by atoms with van der Waals surface area (Å²) in [6.45, 7) is 7.85. The van der Waals surface area contributed by atoms with Gasteiger partial charge in [0, 0.05) is 16.8 Å². The van der Waals surface area contributed by atoms with E-state index in [0.29, 0.717) is 6.54 Å². The summed E-state index contributed by atoms with van der Waals surface area (Å²) >= 11 is 2.90. The predicted molar refractivity (Wildman–Crippen MR) is 89.4 cm³/mol. The number of imide groups is 1. The van der Waals surface area contributed by atoms with Crippen LogP contribution in [0.15, 0.2) is 24.0 Å². The molecule has 22 heavy (non-hydrogen) atoms. The number of thioether (sulfide) groups is 1. The van der Waals surface area contributed by atoms with Gasteiger partial charge in [-0.05, 0) is 19.4 Å². The summed E-state index contributed by atoms with van der Waals surface area (Å²) in [5, 5.41) is 6.48. The molecular formula is C14H16N4O2S2. The highest BCUT2D eigenvalue weighted by molar-refractivity contribution is 8.00. The zero-order valence-electron chi connectivity index (χ0n) is 12.3. The Morgan fingerprint density at radius 1 is 1.41 bits per heavy atom. The first kappa shape index (κ1) is 16.4. The Bertz CT molecular complexity index is 727. The van der Waals surface area contributed by atoms with E-state index in [-0.39, 0.29) is 11.7 Å². The minimum absolute atomic E-state index is 0.113. The van der Waals surface area contributed by atoms with Crippen LogP contribution in [0.3, 0.4) is 0 Å². The summed E-state index contributed by atoms with van der Waals surface area (Å²) in [5.74, 6) is -0.259. The number of aromatic nitrogens is 2. The van der Waals surface area contributed by atoms with E-state index in [1.54, 1.807) is 11.3 Å². The van der Waals surface area contributed by atoms with Crippen molar-refractivity contribution in [2.75, 3.05) is 12.3 Å². The van der Waals surface area contributed by atoms with E-state index in [9.17, 15) is 9.59 Å². The molecule has 116 valence electrons. The number of hydrogen-bond acceptors (Lipinski definition) is 6. The molecule has 8 heteroatoms. The molecule has 0 aliphatic heterocycles. The van der Waals surface area contributed by atoms with Crippen molar-refractivity contribution in [3.63, 3.8) is 0 Å². The van der Waals surface area contributed by atoms with E-state index in [0.717, 1.165) is 20.8 Å². The van der Waals surface area contributed by atoms with Crippen molar-refractivity contribution in [1.82, 2.24) is 20.6 Å². The molecule has 0 fully saturated rings. The first-order valence-electron chi connectivity index (χ1n) is 6.55. The van der Waals surface area contributed by atoms with E-state index >= 15 is 0 Å². The SMILES string of the molecule is C=CCNC(=O)NC(=O)CSc1ncnc2sc(C)c(C)c12. The summed E-state index contributed by atoms with van der Waals surface area (Å²) in [7, 11) is 0. The highest BCUT2D eigenvalue weighted by Crippen LogP contribution is 2.34. The van der Waals surface area contributed by atoms with Crippen LogP contribution in [-0.4, -0.2) is 34.2 Å². The molecule has 0 spiro atoms. The van der Waals surface area contributed by atoms with Gasteiger partial charge in [-0.2, -0.15) is 0 Å². The fraction of sp³-hybridized carbons (Fsp3) is 0.286. The van der Waals surface area contributed by atoms with E-state index in [1.165, 1.54) is 29.0 Å². The molecule has 0 radical (unpaired) electrons. The van der Waals surface area contributed by atoms with Crippen LogP contribution < -0.4 is 10.6 Å². The molecule has 0 atom stereocenters. The summed E-state index contributed by atoms with van der Waals surface area (Å²) < 4.78 is 0. The second kappa shape index (κ2) is 7.37. The number of carbonyl (C=O) groups excluding carboxylic acids is 2. The van der Waals surface area contributed by atoms with Gasteiger partial charge in [0.05, 0.1) is 5.75 Å². The lowest BCUT2D eigenvalue weighted by molar-refractivity contribution is -0.117. The van der Waals surface area contributed by atoms with Crippen molar-refractivity contribution in [2.45, 2.75) is 18.9 Å². The Hall–Kier alpha value is -1.93. The first-order chi connectivity index (χ1) is 10.5. The number of urea groups is 1. The van der Waals surface area contributed by atoms with Gasteiger partial charge in [-0.15, -0.1) is 17.9 Å². The number of aryl methyl sites for hydroxylation is 2. The van der Waals surface area contributed by atoms with Crippen molar-refractivity contribution < 1.29 is 9.59 Å². The maximum atomic E-state index is 11.8. The van der Waals surface area contributed by atoms with Crippen molar-refractivity contribution in [3.8, 4) is 0 Å². The fourth-order valence-corrected chi connectivity index (χ4v) is 3.68. The maximum absolute atomic E-state index is 11.8. The third-order valence-electron chi connectivity index (χ3n) is 2.93. The number of nitrogens with one attached hydrogen (secondary N) is 2. The van der Waals surface area contributed by atoms with Gasteiger partial charge >= 0.3 is 6.03 Å². The third kappa shape index (κ3) is 3.83. The Morgan fingerprint density at radius 3 is 2.91 bits per heavy atom. The smallest absolute Gasteiger partial charge is 0.321 e. The van der Waals surface area contributed by atoms with Crippen LogP contribution in [0.25, 0.3) is 10.2 Å². The highest BCUT2D eigenvalue weighted by atomic mass is 32.2. The van der Waals surface area contributed by atoms with Crippen molar-refractivity contribution in [1.29, 1.82) is 0 Å². The third-order valence-corrected chi connectivity index (χ3v) is 5.04. The monoisotopic (exact) mass is 336 g/mol. The van der Waals surface area contributed by atoms with E-state index in [2.05, 4.69) is 27.2 Å². The number of carbonyl (C=O) groups is 2. The molecule has 2 heterocycles. The van der Waals surface area contributed by atoms with Crippen LogP contribution >= 0.6 is 23.1 Å². The molecule has 2 aromatic heterocycles. The van der Waals surface area contributed by atoms with E-state index in [4.69, 9.17) is 0 Å². The molecule has 2 aromatic rings. The summed E-state index contributed by atoms with van der Waals surface area (Å²) in [5.41, 5.74) is 1.13. The van der Waals surface area contributed by atoms with E-state index < -0.39 is 6.03 Å². The molecule has 0 aliphatic carbocycles. The van der Waals surface area contributed by atoms with Gasteiger partial charge in [0.15, 0.2) is 0 Å². The summed E-state index contributed by atoms with van der Waals surface area (Å²) in [4.78, 5) is 33.7. The van der Waals surface area contributed by atoms with Gasteiger partial charge in [0.25, 0.3) is 0 Å². The van der Waals surface area contributed by atoms with Crippen LogP contribution in [0.5, 0.6) is 0 Å². The number of amides is 3. The number of fused-ring (bicyclic) bond motifs is 1. The summed E-state index contributed by atoms with van der Waals surface area (Å²) in [6, 6.07) is -0.527. The second-order valence-electron chi connectivity index (χ2n) is 4.48. The van der Waals surface area contributed by atoms with Crippen LogP contribution in [0, 0.1) is 13.8 Å². The highest BCUT2D eigenvalue weighted by Gasteiger charge is 2.14. The average molecular weight is 336 g/mol. The maximum Gasteiger partial charge on any atom is 0.321 e. The van der Waals surface area contributed by atoms with Crippen molar-refractivity contribution in [2.24, 2.45) is 0 Å². The van der Waals surface area contributed by atoms with Crippen molar-refractivity contribution in [3.05, 3.63) is 29.4 Å². The summed E-state index contributed by atoms with van der Waals surface area (Å²) in [6.07, 6.45) is 3.03. The molecule has 2 N–H and O–H groups in total. The molecule has 3 amide bonds. The quantitative estimate of drug-likeness (QED) is 0.498. The Kier molecular flexibility index (Phi) is 5.51. The normalized spacial score (nSPS) is 10.5. The molecule has 0 saturated carbocycles. The van der Waals surface area contributed by atoms with Crippen molar-refractivity contribution >= 4 is 45.3 Å². The number of rotatable bonds is 5. The molecule has 2 rings (SSSR count). The molecule has 0 aliphatic rings. The lowest BCUT2D eigenvalue weighted by Gasteiger charge is -2.05. The fourth-order valence-electron chi connectivity index (χ4n) is 1.77. The van der Waals surface area contributed by atoms with Gasteiger partial charge in [0.1, 0.15) is 16.2 Å². The van der Waals surface area contributed by atoms with Gasteiger partial charge in [-0.1, -0.05) is 17.8 Å². The van der Waals surface area contributed by atoms with Crippen LogP contribution in [0.2, 0.25) is 0 Å². The van der Waals surface area contributed by atoms with Crippen LogP contribution in [0.4, 0.5) is 4.79 Å². The molecule has 0 saturated heterocycles. The number of thiophene rings is 1. The molecule has 0 bridgehead atoms. The minimum atomic E-state index is -0.527. The van der Waals surface area contributed by atoms with Gasteiger partial charge < -0.3 is 5.32 Å². The Balaban J connectivity index is 2.01. The zero-order chi connectivity index (χ0) is 16.1. The zero-order valence-corrected chi connectivity index (χ0v) is 13.9. The molecular weight excluding hydrogens is 320 g/mol. The Labute approximate surface area is 136 Å². The molecule has 0 aromatic carbocycles. The van der Waals surface area contributed by atoms with E-state index in [1.807, 2.05) is 13.8 Å². The standard InChI is InChI=1S/C14H16N4O2S2/c1-4-5-15-14(20)18-10(19)6-21-12-11-8(2)9(3)22-13(11)17-7-16-12/h4,7H,1,5-6H2,2-3H3,(H2,15,18,19,20). The largest absolute Gasteiger partial charge is 0.334 e. The lowest BCUT2D eigenvalue weighted by Crippen LogP contribution is -2.40.